The molecular weight excluding hydrogens is 312 g/mol. The number of hydrogen-bond acceptors (Lipinski definition) is 3. The molecule has 0 unspecified atom stereocenters. The molecule has 1 saturated carbocycles. The van der Waals surface area contributed by atoms with Gasteiger partial charge in [0.05, 0.1) is 25.1 Å². The van der Waals surface area contributed by atoms with E-state index in [1.54, 1.807) is 14.2 Å². The first kappa shape index (κ1) is 14.2. The van der Waals surface area contributed by atoms with Crippen LogP contribution in [0.25, 0.3) is 0 Å². The summed E-state index contributed by atoms with van der Waals surface area (Å²) in [5.41, 5.74) is 1.70. The molecule has 1 aliphatic carbocycles. The van der Waals surface area contributed by atoms with Crippen molar-refractivity contribution in [1.82, 2.24) is 0 Å². The van der Waals surface area contributed by atoms with Crippen molar-refractivity contribution in [3.63, 3.8) is 0 Å². The first-order valence-corrected chi connectivity index (χ1v) is 6.88. The van der Waals surface area contributed by atoms with E-state index in [9.17, 15) is 4.79 Å². The van der Waals surface area contributed by atoms with E-state index in [4.69, 9.17) is 14.6 Å². The number of ether oxygens (including phenoxy) is 2. The predicted molar refractivity (Wildman–Crippen MR) is 75.1 cm³/mol. The van der Waals surface area contributed by atoms with Crippen LogP contribution in [0.4, 0.5) is 0 Å². The van der Waals surface area contributed by atoms with Gasteiger partial charge in [0, 0.05) is 11.0 Å². The van der Waals surface area contributed by atoms with Crippen molar-refractivity contribution >= 4 is 21.9 Å². The summed E-state index contributed by atoms with van der Waals surface area (Å²) < 4.78 is 11.7. The third-order valence-electron chi connectivity index (χ3n) is 3.67. The van der Waals surface area contributed by atoms with E-state index in [0.29, 0.717) is 11.5 Å². The maximum absolute atomic E-state index is 11.1. The summed E-state index contributed by atoms with van der Waals surface area (Å²) in [5, 5.41) is 9.10. The number of aryl methyl sites for hydroxylation is 1. The zero-order valence-electron chi connectivity index (χ0n) is 11.2. The number of halogens is 1. The highest BCUT2D eigenvalue weighted by molar-refractivity contribution is 9.10. The van der Waals surface area contributed by atoms with E-state index in [1.165, 1.54) is 0 Å². The fraction of sp³-hybridized carbons (Fsp3) is 0.500. The Balaban J connectivity index is 2.59. The van der Waals surface area contributed by atoms with Crippen LogP contribution in [0.5, 0.6) is 11.5 Å². The monoisotopic (exact) mass is 328 g/mol. The van der Waals surface area contributed by atoms with Crippen LogP contribution in [-0.2, 0) is 10.2 Å². The molecule has 1 N–H and O–H groups in total. The zero-order chi connectivity index (χ0) is 14.2. The summed E-state index contributed by atoms with van der Waals surface area (Å²) in [6.07, 6.45) is 1.89. The lowest BCUT2D eigenvalue weighted by atomic mass is 9.87. The Hall–Kier alpha value is -1.23. The number of hydrogen-bond donors (Lipinski definition) is 1. The molecule has 0 radical (unpaired) electrons. The highest BCUT2D eigenvalue weighted by Gasteiger charge is 2.49. The third kappa shape index (κ3) is 2.43. The number of benzene rings is 1. The highest BCUT2D eigenvalue weighted by atomic mass is 79.9. The van der Waals surface area contributed by atoms with Gasteiger partial charge in [-0.1, -0.05) is 0 Å². The van der Waals surface area contributed by atoms with Gasteiger partial charge >= 0.3 is 5.97 Å². The van der Waals surface area contributed by atoms with Gasteiger partial charge in [0.25, 0.3) is 0 Å². The Kier molecular flexibility index (Phi) is 3.76. The molecule has 1 fully saturated rings. The standard InChI is InChI=1S/C14H17BrO4/c1-8-6-9(15)12(18-2)13(19-3)11(8)14(4-5-14)7-10(16)17/h6H,4-5,7H2,1-3H3,(H,16,17). The maximum Gasteiger partial charge on any atom is 0.304 e. The number of carboxylic acid groups (broad SMARTS) is 1. The second-order valence-electron chi connectivity index (χ2n) is 4.97. The van der Waals surface area contributed by atoms with Crippen molar-refractivity contribution in [2.45, 2.75) is 31.6 Å². The zero-order valence-corrected chi connectivity index (χ0v) is 12.8. The number of carbonyl (C=O) groups is 1. The predicted octanol–water partition coefficient (Wildman–Crippen LogP) is 3.28. The van der Waals surface area contributed by atoms with Crippen molar-refractivity contribution < 1.29 is 19.4 Å². The molecular formula is C14H17BrO4. The van der Waals surface area contributed by atoms with Gasteiger partial charge in [-0.05, 0) is 47.3 Å². The van der Waals surface area contributed by atoms with Gasteiger partial charge in [-0.3, -0.25) is 4.79 Å². The molecule has 0 aromatic heterocycles. The molecule has 0 saturated heterocycles. The van der Waals surface area contributed by atoms with Crippen LogP contribution in [0.2, 0.25) is 0 Å². The van der Waals surface area contributed by atoms with Gasteiger partial charge in [0.1, 0.15) is 0 Å². The molecule has 1 aliphatic rings. The second kappa shape index (κ2) is 5.04. The maximum atomic E-state index is 11.1. The van der Waals surface area contributed by atoms with Crippen LogP contribution in [0.3, 0.4) is 0 Å². The molecule has 0 heterocycles. The van der Waals surface area contributed by atoms with E-state index >= 15 is 0 Å². The Morgan fingerprint density at radius 3 is 2.37 bits per heavy atom. The molecule has 1 aromatic rings. The summed E-state index contributed by atoms with van der Waals surface area (Å²) in [6, 6.07) is 1.96. The minimum absolute atomic E-state index is 0.134. The number of methoxy groups -OCH3 is 2. The fourth-order valence-corrected chi connectivity index (χ4v) is 3.41. The van der Waals surface area contributed by atoms with Gasteiger partial charge in [-0.25, -0.2) is 0 Å². The van der Waals surface area contributed by atoms with E-state index in [1.807, 2.05) is 13.0 Å². The van der Waals surface area contributed by atoms with Crippen LogP contribution in [-0.4, -0.2) is 25.3 Å². The molecule has 0 spiro atoms. The first-order chi connectivity index (χ1) is 8.95. The normalized spacial score (nSPS) is 16.0. The summed E-state index contributed by atoms with van der Waals surface area (Å²) in [5.74, 6) is 0.494. The summed E-state index contributed by atoms with van der Waals surface area (Å²) in [6.45, 7) is 1.98. The first-order valence-electron chi connectivity index (χ1n) is 6.08. The lowest BCUT2D eigenvalue weighted by molar-refractivity contribution is -0.137. The summed E-state index contributed by atoms with van der Waals surface area (Å²) in [7, 11) is 3.17. The molecule has 0 bridgehead atoms. The molecule has 1 aromatic carbocycles. The van der Waals surface area contributed by atoms with Crippen LogP contribution in [0.1, 0.15) is 30.4 Å². The SMILES string of the molecule is COc1c(Br)cc(C)c(C2(CC(=O)O)CC2)c1OC. The minimum atomic E-state index is -0.777. The third-order valence-corrected chi connectivity index (χ3v) is 4.26. The summed E-state index contributed by atoms with van der Waals surface area (Å²) in [4.78, 5) is 11.1. The van der Waals surface area contributed by atoms with Crippen molar-refractivity contribution in [2.75, 3.05) is 14.2 Å². The Morgan fingerprint density at radius 1 is 1.37 bits per heavy atom. The topological polar surface area (TPSA) is 55.8 Å². The Bertz CT molecular complexity index is 521. The molecule has 0 amide bonds. The van der Waals surface area contributed by atoms with Gasteiger partial charge < -0.3 is 14.6 Å². The van der Waals surface area contributed by atoms with Crippen LogP contribution < -0.4 is 9.47 Å². The number of rotatable bonds is 5. The Labute approximate surface area is 120 Å². The highest BCUT2D eigenvalue weighted by Crippen LogP contribution is 2.57. The van der Waals surface area contributed by atoms with Gasteiger partial charge in [-0.15, -0.1) is 0 Å². The molecule has 2 rings (SSSR count). The van der Waals surface area contributed by atoms with Crippen molar-refractivity contribution in [3.8, 4) is 11.5 Å². The van der Waals surface area contributed by atoms with Crippen molar-refractivity contribution in [3.05, 3.63) is 21.7 Å². The van der Waals surface area contributed by atoms with Crippen molar-refractivity contribution in [2.24, 2.45) is 0 Å². The van der Waals surface area contributed by atoms with Crippen molar-refractivity contribution in [1.29, 1.82) is 0 Å². The smallest absolute Gasteiger partial charge is 0.304 e. The Morgan fingerprint density at radius 2 is 1.95 bits per heavy atom. The molecule has 0 aliphatic heterocycles. The van der Waals surface area contributed by atoms with E-state index in [2.05, 4.69) is 15.9 Å². The molecule has 104 valence electrons. The lowest BCUT2D eigenvalue weighted by Gasteiger charge is -2.22. The minimum Gasteiger partial charge on any atom is -0.492 e. The van der Waals surface area contributed by atoms with Crippen LogP contribution in [0, 0.1) is 6.92 Å². The van der Waals surface area contributed by atoms with Gasteiger partial charge in [0.15, 0.2) is 11.5 Å². The van der Waals surface area contributed by atoms with Crippen LogP contribution in [0.15, 0.2) is 10.5 Å². The van der Waals surface area contributed by atoms with Crippen LogP contribution >= 0.6 is 15.9 Å². The lowest BCUT2D eigenvalue weighted by Crippen LogP contribution is -2.16. The van der Waals surface area contributed by atoms with Gasteiger partial charge in [0.2, 0.25) is 0 Å². The fourth-order valence-electron chi connectivity index (χ4n) is 2.73. The quantitative estimate of drug-likeness (QED) is 0.901. The number of carboxylic acids is 1. The van der Waals surface area contributed by atoms with E-state index in [0.717, 1.165) is 28.4 Å². The summed E-state index contributed by atoms with van der Waals surface area (Å²) >= 11 is 3.45. The molecule has 5 heteroatoms. The molecule has 0 atom stereocenters. The van der Waals surface area contributed by atoms with E-state index in [-0.39, 0.29) is 11.8 Å². The molecule has 4 nitrogen and oxygen atoms in total. The largest absolute Gasteiger partial charge is 0.492 e. The van der Waals surface area contributed by atoms with Gasteiger partial charge in [-0.2, -0.15) is 0 Å². The number of aliphatic carboxylic acids is 1. The second-order valence-corrected chi connectivity index (χ2v) is 5.82. The average molecular weight is 329 g/mol. The average Bonchev–Trinajstić information content (AvgIpc) is 3.07. The van der Waals surface area contributed by atoms with E-state index < -0.39 is 5.97 Å². The molecule has 19 heavy (non-hydrogen) atoms.